The molecule has 0 radical (unpaired) electrons. The van der Waals surface area contributed by atoms with E-state index in [4.69, 9.17) is 5.11 Å². The van der Waals surface area contributed by atoms with Crippen LogP contribution in [0.25, 0.3) is 0 Å². The number of hydrogen-bond donors (Lipinski definition) is 3. The summed E-state index contributed by atoms with van der Waals surface area (Å²) in [5.74, 6) is -0.852. The van der Waals surface area contributed by atoms with E-state index in [1.54, 1.807) is 18.7 Å². The number of carboxylic acids is 1. The Hall–Kier alpha value is -2.21. The van der Waals surface area contributed by atoms with Crippen LogP contribution in [0.1, 0.15) is 23.0 Å². The summed E-state index contributed by atoms with van der Waals surface area (Å²) in [7, 11) is 0. The van der Waals surface area contributed by atoms with Gasteiger partial charge in [-0.3, -0.25) is 15.1 Å². The van der Waals surface area contributed by atoms with Gasteiger partial charge < -0.3 is 10.1 Å². The zero-order valence-electron chi connectivity index (χ0n) is 9.50. The predicted octanol–water partition coefficient (Wildman–Crippen LogP) is 0.493. The Balaban J connectivity index is 2.02. The quantitative estimate of drug-likeness (QED) is 0.715. The molecule has 2 aromatic rings. The Morgan fingerprint density at radius 1 is 1.39 bits per heavy atom. The molecule has 0 bridgehead atoms. The second kappa shape index (κ2) is 4.23. The van der Waals surface area contributed by atoms with Crippen LogP contribution in [-0.2, 0) is 11.2 Å². The highest BCUT2D eigenvalue weighted by molar-refractivity contribution is 5.74. The largest absolute Gasteiger partial charge is 0.480 e. The van der Waals surface area contributed by atoms with Crippen LogP contribution in [0.2, 0.25) is 0 Å². The Kier molecular flexibility index (Phi) is 2.56. The highest BCUT2D eigenvalue weighted by Gasteiger charge is 2.32. The highest BCUT2D eigenvalue weighted by Crippen LogP contribution is 2.27. The van der Waals surface area contributed by atoms with Crippen LogP contribution in [0.3, 0.4) is 0 Å². The van der Waals surface area contributed by atoms with E-state index < -0.39 is 12.0 Å². The third kappa shape index (κ3) is 1.76. The maximum atomic E-state index is 11.2. The molecule has 3 N–H and O–H groups in total. The average molecular weight is 244 g/mol. The molecule has 0 saturated carbocycles. The molecule has 0 aliphatic carbocycles. The molecule has 0 spiro atoms. The number of imidazole rings is 1. The number of fused-ring (bicyclic) bond motifs is 1. The lowest BCUT2D eigenvalue weighted by molar-refractivity contribution is -0.139. The Morgan fingerprint density at radius 3 is 2.89 bits per heavy atom. The van der Waals surface area contributed by atoms with Gasteiger partial charge in [-0.05, 0) is 17.7 Å². The smallest absolute Gasteiger partial charge is 0.321 e. The molecule has 6 heteroatoms. The van der Waals surface area contributed by atoms with Gasteiger partial charge in [0.05, 0.1) is 18.1 Å². The van der Waals surface area contributed by atoms with Crippen molar-refractivity contribution in [1.29, 1.82) is 0 Å². The van der Waals surface area contributed by atoms with E-state index in [0.717, 1.165) is 17.0 Å². The highest BCUT2D eigenvalue weighted by atomic mass is 16.4. The number of hydrogen-bond acceptors (Lipinski definition) is 4. The molecule has 0 saturated heterocycles. The fourth-order valence-electron chi connectivity index (χ4n) is 2.26. The maximum absolute atomic E-state index is 11.2. The number of carboxylic acid groups (broad SMARTS) is 1. The van der Waals surface area contributed by atoms with Gasteiger partial charge >= 0.3 is 5.97 Å². The van der Waals surface area contributed by atoms with Gasteiger partial charge in [-0.15, -0.1) is 0 Å². The van der Waals surface area contributed by atoms with Crippen LogP contribution in [0.15, 0.2) is 30.9 Å². The molecular formula is C12H12N4O2. The van der Waals surface area contributed by atoms with Gasteiger partial charge in [0.1, 0.15) is 6.04 Å². The van der Waals surface area contributed by atoms with E-state index in [1.165, 1.54) is 0 Å². The van der Waals surface area contributed by atoms with Crippen molar-refractivity contribution in [3.05, 3.63) is 47.8 Å². The number of aromatic nitrogens is 3. The zero-order valence-corrected chi connectivity index (χ0v) is 9.50. The molecule has 2 atom stereocenters. The number of rotatable bonds is 2. The van der Waals surface area contributed by atoms with Gasteiger partial charge in [-0.2, -0.15) is 0 Å². The lowest BCUT2D eigenvalue weighted by Crippen LogP contribution is -2.45. The number of aliphatic carboxylic acids is 1. The molecule has 6 nitrogen and oxygen atoms in total. The van der Waals surface area contributed by atoms with Crippen molar-refractivity contribution in [2.24, 2.45) is 0 Å². The first-order valence-electron chi connectivity index (χ1n) is 5.66. The Morgan fingerprint density at radius 2 is 2.17 bits per heavy atom. The number of pyridine rings is 1. The van der Waals surface area contributed by atoms with Gasteiger partial charge in [0.2, 0.25) is 0 Å². The van der Waals surface area contributed by atoms with E-state index in [2.05, 4.69) is 20.3 Å². The average Bonchev–Trinajstić information content (AvgIpc) is 2.86. The summed E-state index contributed by atoms with van der Waals surface area (Å²) < 4.78 is 0. The molecule has 0 amide bonds. The zero-order chi connectivity index (χ0) is 12.5. The Labute approximate surface area is 103 Å². The van der Waals surface area contributed by atoms with Crippen molar-refractivity contribution in [3.8, 4) is 0 Å². The van der Waals surface area contributed by atoms with Crippen LogP contribution in [0, 0.1) is 0 Å². The number of carbonyl (C=O) groups is 1. The third-order valence-electron chi connectivity index (χ3n) is 3.14. The number of nitrogens with zero attached hydrogens (tertiary/aromatic N) is 2. The lowest BCUT2D eigenvalue weighted by Gasteiger charge is -2.28. The number of H-pyrrole nitrogens is 1. The summed E-state index contributed by atoms with van der Waals surface area (Å²) in [5.41, 5.74) is 2.70. The Bertz CT molecular complexity index is 566. The van der Waals surface area contributed by atoms with Crippen molar-refractivity contribution < 1.29 is 9.90 Å². The first-order chi connectivity index (χ1) is 8.75. The van der Waals surface area contributed by atoms with E-state index >= 15 is 0 Å². The van der Waals surface area contributed by atoms with Crippen molar-refractivity contribution in [1.82, 2.24) is 20.3 Å². The summed E-state index contributed by atoms with van der Waals surface area (Å²) in [4.78, 5) is 22.4. The van der Waals surface area contributed by atoms with Crippen molar-refractivity contribution in [2.75, 3.05) is 0 Å². The van der Waals surface area contributed by atoms with Gasteiger partial charge in [-0.1, -0.05) is 0 Å². The SMILES string of the molecule is O=C(O)[C@@H]1Cc2[nH]cnc2[C@H](c2ccncc2)N1. The molecule has 2 aromatic heterocycles. The lowest BCUT2D eigenvalue weighted by atomic mass is 9.94. The monoisotopic (exact) mass is 244 g/mol. The molecule has 0 aromatic carbocycles. The minimum atomic E-state index is -0.852. The van der Waals surface area contributed by atoms with Gasteiger partial charge in [0.15, 0.2) is 0 Å². The molecule has 1 aliphatic rings. The van der Waals surface area contributed by atoms with Crippen LogP contribution in [-0.4, -0.2) is 32.1 Å². The molecular weight excluding hydrogens is 232 g/mol. The molecule has 3 rings (SSSR count). The summed E-state index contributed by atoms with van der Waals surface area (Å²) in [6, 6.07) is 2.92. The van der Waals surface area contributed by atoms with Gasteiger partial charge in [0, 0.05) is 24.5 Å². The minimum Gasteiger partial charge on any atom is -0.480 e. The van der Waals surface area contributed by atoms with Crippen molar-refractivity contribution in [2.45, 2.75) is 18.5 Å². The van der Waals surface area contributed by atoms with E-state index in [-0.39, 0.29) is 6.04 Å². The predicted molar refractivity (Wildman–Crippen MR) is 62.9 cm³/mol. The molecule has 92 valence electrons. The normalized spacial score (nSPS) is 22.4. The van der Waals surface area contributed by atoms with Crippen molar-refractivity contribution in [3.63, 3.8) is 0 Å². The van der Waals surface area contributed by atoms with Gasteiger partial charge in [0.25, 0.3) is 0 Å². The first kappa shape index (κ1) is 10.9. The summed E-state index contributed by atoms with van der Waals surface area (Å²) >= 11 is 0. The number of nitrogens with one attached hydrogen (secondary N) is 2. The van der Waals surface area contributed by atoms with Crippen molar-refractivity contribution >= 4 is 5.97 Å². The second-order valence-corrected chi connectivity index (χ2v) is 4.24. The standard InChI is InChI=1S/C12H12N4O2/c17-12(18)9-5-8-11(15-6-14-8)10(16-9)7-1-3-13-4-2-7/h1-4,6,9-10,16H,5H2,(H,14,15)(H,17,18)/t9-,10-/m0/s1. The third-order valence-corrected chi connectivity index (χ3v) is 3.14. The van der Waals surface area contributed by atoms with Crippen LogP contribution < -0.4 is 5.32 Å². The molecule has 0 fully saturated rings. The summed E-state index contributed by atoms with van der Waals surface area (Å²) in [6.07, 6.45) is 5.40. The molecule has 3 heterocycles. The van der Waals surface area contributed by atoms with Crippen LogP contribution >= 0.6 is 0 Å². The summed E-state index contributed by atoms with van der Waals surface area (Å²) in [6.45, 7) is 0. The van der Waals surface area contributed by atoms with E-state index in [0.29, 0.717) is 6.42 Å². The molecule has 1 aliphatic heterocycles. The maximum Gasteiger partial charge on any atom is 0.321 e. The molecule has 0 unspecified atom stereocenters. The minimum absolute atomic E-state index is 0.205. The topological polar surface area (TPSA) is 90.9 Å². The fourth-order valence-corrected chi connectivity index (χ4v) is 2.26. The summed E-state index contributed by atoms with van der Waals surface area (Å²) in [5, 5.41) is 12.3. The van der Waals surface area contributed by atoms with E-state index in [1.807, 2.05) is 12.1 Å². The van der Waals surface area contributed by atoms with Gasteiger partial charge in [-0.25, -0.2) is 4.98 Å². The number of aromatic amines is 1. The van der Waals surface area contributed by atoms with Crippen LogP contribution in [0.5, 0.6) is 0 Å². The first-order valence-corrected chi connectivity index (χ1v) is 5.66. The second-order valence-electron chi connectivity index (χ2n) is 4.24. The fraction of sp³-hybridized carbons (Fsp3) is 0.250. The molecule has 18 heavy (non-hydrogen) atoms. The van der Waals surface area contributed by atoms with E-state index in [9.17, 15) is 4.79 Å². The van der Waals surface area contributed by atoms with Crippen LogP contribution in [0.4, 0.5) is 0 Å².